The fourth-order valence-electron chi connectivity index (χ4n) is 2.90. The number of allylic oxidation sites excluding steroid dienone is 4. The van der Waals surface area contributed by atoms with E-state index >= 15 is 0 Å². The van der Waals surface area contributed by atoms with E-state index in [4.69, 9.17) is 26.1 Å². The van der Waals surface area contributed by atoms with E-state index < -0.39 is 0 Å². The lowest BCUT2D eigenvalue weighted by molar-refractivity contribution is 0.350. The van der Waals surface area contributed by atoms with Crippen LogP contribution in [-0.4, -0.2) is 17.8 Å². The van der Waals surface area contributed by atoms with E-state index in [1.807, 2.05) is 90.0 Å². The molecule has 2 aliphatic heterocycles. The molecule has 0 amide bonds. The molecule has 2 aliphatic rings. The van der Waals surface area contributed by atoms with Crippen molar-refractivity contribution in [1.29, 1.82) is 0 Å². The van der Waals surface area contributed by atoms with Crippen LogP contribution in [0.15, 0.2) is 113 Å². The van der Waals surface area contributed by atoms with Crippen molar-refractivity contribution in [2.75, 3.05) is 12.4 Å². The molecule has 1 N–H and O–H groups in total. The Morgan fingerprint density at radius 2 is 1.80 bits per heavy atom. The number of aliphatic imine (C=N–C) groups is 1. The topological polar surface area (TPSA) is 46.1 Å². The van der Waals surface area contributed by atoms with Crippen molar-refractivity contribution in [1.82, 2.24) is 4.90 Å². The van der Waals surface area contributed by atoms with E-state index in [2.05, 4.69) is 5.32 Å². The minimum atomic E-state index is 0.511. The molecule has 6 heteroatoms. The molecular weight excluding hydrogens is 398 g/mol. The number of fused-ring (bicyclic) bond motifs is 1. The van der Waals surface area contributed by atoms with Crippen LogP contribution in [0.4, 0.5) is 5.69 Å². The van der Waals surface area contributed by atoms with Crippen LogP contribution in [0, 0.1) is 0 Å². The Morgan fingerprint density at radius 3 is 2.57 bits per heavy atom. The minimum Gasteiger partial charge on any atom is -0.497 e. The van der Waals surface area contributed by atoms with Crippen molar-refractivity contribution < 1.29 is 9.47 Å². The maximum absolute atomic E-state index is 6.49. The average molecular weight is 418 g/mol. The Labute approximate surface area is 180 Å². The number of hydrogen-bond acceptors (Lipinski definition) is 5. The first-order valence-electron chi connectivity index (χ1n) is 9.36. The lowest BCUT2D eigenvalue weighted by Gasteiger charge is -2.23. The fourth-order valence-corrected chi connectivity index (χ4v) is 3.12. The monoisotopic (exact) mass is 417 g/mol. The normalized spacial score (nSPS) is 20.3. The molecule has 2 aromatic carbocycles. The highest BCUT2D eigenvalue weighted by Gasteiger charge is 2.17. The van der Waals surface area contributed by atoms with E-state index in [9.17, 15) is 0 Å². The van der Waals surface area contributed by atoms with Gasteiger partial charge in [0.2, 0.25) is 5.88 Å². The van der Waals surface area contributed by atoms with Crippen molar-refractivity contribution in [3.8, 4) is 5.75 Å². The lowest BCUT2D eigenvalue weighted by atomic mass is 10.1. The first-order chi connectivity index (χ1) is 14.7. The van der Waals surface area contributed by atoms with Crippen molar-refractivity contribution in [3.05, 3.63) is 114 Å². The van der Waals surface area contributed by atoms with Gasteiger partial charge < -0.3 is 19.7 Å². The van der Waals surface area contributed by atoms with Crippen LogP contribution in [0.3, 0.4) is 0 Å². The van der Waals surface area contributed by atoms with Gasteiger partial charge in [-0.05, 0) is 48.6 Å². The molecule has 5 nitrogen and oxygen atoms in total. The van der Waals surface area contributed by atoms with Crippen LogP contribution in [0.1, 0.15) is 5.56 Å². The molecule has 0 radical (unpaired) electrons. The van der Waals surface area contributed by atoms with Gasteiger partial charge in [0.1, 0.15) is 5.75 Å². The van der Waals surface area contributed by atoms with E-state index in [1.54, 1.807) is 19.6 Å². The molecule has 0 unspecified atom stereocenters. The molecule has 0 bridgehead atoms. The number of halogens is 1. The van der Waals surface area contributed by atoms with Crippen molar-refractivity contribution in [3.63, 3.8) is 0 Å². The van der Waals surface area contributed by atoms with Crippen LogP contribution >= 0.6 is 11.6 Å². The minimum absolute atomic E-state index is 0.511. The maximum atomic E-state index is 6.49. The Bertz CT molecular complexity index is 1080. The second kappa shape index (κ2) is 9.20. The highest BCUT2D eigenvalue weighted by atomic mass is 35.5. The molecule has 0 aromatic heterocycles. The smallest absolute Gasteiger partial charge is 0.213 e. The number of methoxy groups -OCH3 is 1. The predicted octanol–water partition coefficient (Wildman–Crippen LogP) is 5.84. The molecular formula is C24H20ClN3O2. The summed E-state index contributed by atoms with van der Waals surface area (Å²) in [4.78, 5) is 6.65. The summed E-state index contributed by atoms with van der Waals surface area (Å²) in [5.74, 6) is 1.89. The third kappa shape index (κ3) is 4.64. The van der Waals surface area contributed by atoms with Crippen LogP contribution in [0.25, 0.3) is 5.70 Å². The predicted molar refractivity (Wildman–Crippen MR) is 122 cm³/mol. The van der Waals surface area contributed by atoms with Gasteiger partial charge in [0.25, 0.3) is 0 Å². The second-order valence-corrected chi connectivity index (χ2v) is 6.82. The van der Waals surface area contributed by atoms with Gasteiger partial charge in [-0.2, -0.15) is 0 Å². The van der Waals surface area contributed by atoms with Crippen LogP contribution in [0.5, 0.6) is 5.75 Å². The number of nitrogens with one attached hydrogen (secondary N) is 1. The molecule has 30 heavy (non-hydrogen) atoms. The third-order valence-corrected chi connectivity index (χ3v) is 4.68. The van der Waals surface area contributed by atoms with Crippen LogP contribution < -0.4 is 10.1 Å². The SMILES string of the molecule is COc1ccc(N/C2=C/N3C=CC=C(Cl)C3=N/C(c3ccccc3)=C/C=C/O2)cc1. The molecule has 2 heterocycles. The number of rotatable bonds is 4. The zero-order chi connectivity index (χ0) is 20.8. The van der Waals surface area contributed by atoms with E-state index in [1.165, 1.54) is 0 Å². The summed E-state index contributed by atoms with van der Waals surface area (Å²) in [7, 11) is 1.64. The number of amidine groups is 1. The summed E-state index contributed by atoms with van der Waals surface area (Å²) in [5.41, 5.74) is 2.61. The van der Waals surface area contributed by atoms with Crippen molar-refractivity contribution in [2.24, 2.45) is 4.99 Å². The largest absolute Gasteiger partial charge is 0.497 e. The van der Waals surface area contributed by atoms with Gasteiger partial charge in [-0.1, -0.05) is 41.9 Å². The quantitative estimate of drug-likeness (QED) is 0.678. The lowest BCUT2D eigenvalue weighted by Crippen LogP contribution is -2.24. The van der Waals surface area contributed by atoms with Crippen molar-refractivity contribution in [2.45, 2.75) is 0 Å². The molecule has 0 spiro atoms. The highest BCUT2D eigenvalue weighted by Crippen LogP contribution is 2.24. The van der Waals surface area contributed by atoms with Gasteiger partial charge in [-0.3, -0.25) is 0 Å². The third-order valence-electron chi connectivity index (χ3n) is 4.38. The molecule has 0 saturated heterocycles. The van der Waals surface area contributed by atoms with Gasteiger partial charge in [-0.15, -0.1) is 0 Å². The molecule has 0 fully saturated rings. The van der Waals surface area contributed by atoms with E-state index in [-0.39, 0.29) is 0 Å². The first-order valence-corrected chi connectivity index (χ1v) is 9.74. The molecule has 0 atom stereocenters. The highest BCUT2D eigenvalue weighted by molar-refractivity contribution is 6.43. The van der Waals surface area contributed by atoms with Gasteiger partial charge in [0.05, 0.1) is 30.3 Å². The molecule has 150 valence electrons. The zero-order valence-electron chi connectivity index (χ0n) is 16.3. The maximum Gasteiger partial charge on any atom is 0.213 e. The Balaban J connectivity index is 1.68. The molecule has 4 rings (SSSR count). The Morgan fingerprint density at radius 1 is 1.00 bits per heavy atom. The van der Waals surface area contributed by atoms with Crippen LogP contribution in [0.2, 0.25) is 0 Å². The number of ether oxygens (including phenoxy) is 2. The fraction of sp³-hybridized carbons (Fsp3) is 0.0417. The molecule has 0 aliphatic carbocycles. The van der Waals surface area contributed by atoms with Gasteiger partial charge in [0.15, 0.2) is 5.84 Å². The number of hydrogen-bond donors (Lipinski definition) is 1. The van der Waals surface area contributed by atoms with E-state index in [0.29, 0.717) is 16.8 Å². The summed E-state index contributed by atoms with van der Waals surface area (Å²) in [6, 6.07) is 17.5. The van der Waals surface area contributed by atoms with E-state index in [0.717, 1.165) is 22.7 Å². The Hall–Kier alpha value is -3.70. The summed E-state index contributed by atoms with van der Waals surface area (Å²) < 4.78 is 11.1. The number of benzene rings is 2. The van der Waals surface area contributed by atoms with Gasteiger partial charge in [-0.25, -0.2) is 4.99 Å². The first kappa shape index (κ1) is 19.6. The average Bonchev–Trinajstić information content (AvgIpc) is 2.78. The Kier molecular flexibility index (Phi) is 6.01. The van der Waals surface area contributed by atoms with Crippen LogP contribution in [-0.2, 0) is 4.74 Å². The summed E-state index contributed by atoms with van der Waals surface area (Å²) >= 11 is 6.49. The van der Waals surface area contributed by atoms with Gasteiger partial charge in [0, 0.05) is 17.5 Å². The molecule has 2 aromatic rings. The summed E-state index contributed by atoms with van der Waals surface area (Å²) in [5, 5.41) is 3.79. The summed E-state index contributed by atoms with van der Waals surface area (Å²) in [6.07, 6.45) is 12.6. The summed E-state index contributed by atoms with van der Waals surface area (Å²) in [6.45, 7) is 0. The standard InChI is InChI=1S/C24H20ClN3O2/c1-29-20-13-11-19(12-14-20)26-23-17-28-15-5-9-21(25)24(28)27-22(10-6-16-30-23)18-7-3-2-4-8-18/h2-17,26H,1H3/b16-6+,22-10+,23-17-,27-24?. The molecule has 0 saturated carbocycles. The van der Waals surface area contributed by atoms with Gasteiger partial charge >= 0.3 is 0 Å². The zero-order valence-corrected chi connectivity index (χ0v) is 17.1. The second-order valence-electron chi connectivity index (χ2n) is 6.41. The number of anilines is 1. The van der Waals surface area contributed by atoms with Crippen molar-refractivity contribution >= 4 is 28.8 Å². The number of nitrogens with zero attached hydrogens (tertiary/aromatic N) is 2.